The molecule has 0 aliphatic rings. The van der Waals surface area contributed by atoms with E-state index in [9.17, 15) is 4.79 Å². The third kappa shape index (κ3) is 2.03. The van der Waals surface area contributed by atoms with Crippen LogP contribution in [0.1, 0.15) is 6.92 Å². The molecule has 0 aliphatic heterocycles. The number of amides is 2. The van der Waals surface area contributed by atoms with Gasteiger partial charge >= 0.3 is 6.03 Å². The molecule has 0 aromatic rings. The number of nitrogens with two attached hydrogens (primary N) is 1. The highest BCUT2D eigenvalue weighted by Crippen LogP contribution is 1.75. The smallest absolute Gasteiger partial charge is 0.314 e. The number of nitrogens with zero attached hydrogens (tertiary/aromatic N) is 1. The second-order valence-electron chi connectivity index (χ2n) is 1.35. The van der Waals surface area contributed by atoms with Crippen molar-refractivity contribution in [2.24, 2.45) is 5.73 Å². The first-order chi connectivity index (χ1) is 3.18. The molecular weight excluding hydrogens is 92.1 g/mol. The number of carbonyl (C=O) groups is 1. The van der Waals surface area contributed by atoms with Gasteiger partial charge in [-0.05, 0) is 6.92 Å². The molecule has 0 heterocycles. The van der Waals surface area contributed by atoms with E-state index in [1.54, 1.807) is 7.05 Å². The van der Waals surface area contributed by atoms with Crippen LogP contribution in [0.3, 0.4) is 0 Å². The Morgan fingerprint density at radius 2 is 2.29 bits per heavy atom. The van der Waals surface area contributed by atoms with Gasteiger partial charge in [0.05, 0.1) is 0 Å². The monoisotopic (exact) mass is 102 g/mol. The standard InChI is InChI=1S/C4H10N2O/c1-3-6(2)4(5)7/h3H2,1-2H3,(H2,5,7). The molecule has 0 unspecified atom stereocenters. The fraction of sp³-hybridized carbons (Fsp3) is 0.750. The second-order valence-corrected chi connectivity index (χ2v) is 1.35. The molecule has 0 aliphatic carbocycles. The van der Waals surface area contributed by atoms with Crippen LogP contribution >= 0.6 is 0 Å². The Labute approximate surface area is 43.1 Å². The van der Waals surface area contributed by atoms with E-state index in [4.69, 9.17) is 5.73 Å². The lowest BCUT2D eigenvalue weighted by atomic mass is 10.6. The lowest BCUT2D eigenvalue weighted by molar-refractivity contribution is 0.221. The molecule has 42 valence electrons. The highest BCUT2D eigenvalue weighted by molar-refractivity contribution is 5.71. The molecule has 2 N–H and O–H groups in total. The van der Waals surface area contributed by atoms with Gasteiger partial charge in [0.2, 0.25) is 0 Å². The highest BCUT2D eigenvalue weighted by Gasteiger charge is 1.94. The van der Waals surface area contributed by atoms with Crippen LogP contribution in [0.25, 0.3) is 0 Å². The van der Waals surface area contributed by atoms with Crippen molar-refractivity contribution in [3.05, 3.63) is 0 Å². The van der Waals surface area contributed by atoms with Crippen LogP contribution in [-0.2, 0) is 0 Å². The average molecular weight is 102 g/mol. The van der Waals surface area contributed by atoms with Crippen LogP contribution in [0.15, 0.2) is 0 Å². The van der Waals surface area contributed by atoms with E-state index in [0.717, 1.165) is 0 Å². The van der Waals surface area contributed by atoms with Gasteiger partial charge < -0.3 is 10.6 Å². The highest BCUT2D eigenvalue weighted by atomic mass is 16.2. The molecule has 0 spiro atoms. The molecule has 0 saturated heterocycles. The van der Waals surface area contributed by atoms with Crippen molar-refractivity contribution in [3.8, 4) is 0 Å². The molecule has 0 fully saturated rings. The predicted molar refractivity (Wildman–Crippen MR) is 27.9 cm³/mol. The van der Waals surface area contributed by atoms with E-state index in [1.165, 1.54) is 4.90 Å². The van der Waals surface area contributed by atoms with Gasteiger partial charge in [-0.2, -0.15) is 0 Å². The lowest BCUT2D eigenvalue weighted by Gasteiger charge is -2.08. The first kappa shape index (κ1) is 6.27. The van der Waals surface area contributed by atoms with E-state index < -0.39 is 0 Å². The average Bonchev–Trinajstić information content (AvgIpc) is 1.65. The van der Waals surface area contributed by atoms with E-state index in [1.807, 2.05) is 6.92 Å². The molecule has 3 nitrogen and oxygen atoms in total. The fourth-order valence-electron chi connectivity index (χ4n) is 0.156. The zero-order valence-corrected chi connectivity index (χ0v) is 4.64. The Morgan fingerprint density at radius 3 is 2.29 bits per heavy atom. The predicted octanol–water partition coefficient (Wildman–Crippen LogP) is 0.0168. The van der Waals surface area contributed by atoms with Crippen molar-refractivity contribution in [1.82, 2.24) is 4.90 Å². The fourth-order valence-corrected chi connectivity index (χ4v) is 0.156. The Kier molecular flexibility index (Phi) is 2.19. The minimum absolute atomic E-state index is 0.373. The summed E-state index contributed by atoms with van der Waals surface area (Å²) in [7, 11) is 1.66. The van der Waals surface area contributed by atoms with Crippen LogP contribution in [0, 0.1) is 0 Å². The summed E-state index contributed by atoms with van der Waals surface area (Å²) in [5.74, 6) is 0. The maximum Gasteiger partial charge on any atom is 0.314 e. The third-order valence-electron chi connectivity index (χ3n) is 0.851. The molecule has 2 amide bonds. The van der Waals surface area contributed by atoms with Crippen LogP contribution in [0.2, 0.25) is 0 Å². The zero-order valence-electron chi connectivity index (χ0n) is 4.64. The van der Waals surface area contributed by atoms with E-state index >= 15 is 0 Å². The zero-order chi connectivity index (χ0) is 5.86. The first-order valence-electron chi connectivity index (χ1n) is 2.19. The number of carbonyl (C=O) groups excluding carboxylic acids is 1. The minimum Gasteiger partial charge on any atom is -0.352 e. The summed E-state index contributed by atoms with van der Waals surface area (Å²) in [5.41, 5.74) is 4.83. The molecule has 3 heteroatoms. The lowest BCUT2D eigenvalue weighted by Crippen LogP contribution is -2.31. The normalized spacial score (nSPS) is 8.29. The summed E-state index contributed by atoms with van der Waals surface area (Å²) in [4.78, 5) is 11.5. The topological polar surface area (TPSA) is 46.3 Å². The molecule has 0 atom stereocenters. The Balaban J connectivity index is 3.34. The summed E-state index contributed by atoms with van der Waals surface area (Å²) >= 11 is 0. The largest absolute Gasteiger partial charge is 0.352 e. The first-order valence-corrected chi connectivity index (χ1v) is 2.19. The van der Waals surface area contributed by atoms with Crippen LogP contribution in [0.4, 0.5) is 4.79 Å². The number of primary amides is 1. The van der Waals surface area contributed by atoms with Crippen molar-refractivity contribution in [3.63, 3.8) is 0 Å². The van der Waals surface area contributed by atoms with E-state index in [0.29, 0.717) is 6.54 Å². The molecule has 7 heavy (non-hydrogen) atoms. The van der Waals surface area contributed by atoms with Gasteiger partial charge in [0.15, 0.2) is 0 Å². The van der Waals surface area contributed by atoms with Crippen LogP contribution < -0.4 is 5.73 Å². The van der Waals surface area contributed by atoms with Crippen molar-refractivity contribution in [1.29, 1.82) is 0 Å². The molecule has 0 rings (SSSR count). The minimum atomic E-state index is -0.373. The second kappa shape index (κ2) is 2.44. The van der Waals surface area contributed by atoms with Gasteiger partial charge in [0.1, 0.15) is 0 Å². The summed E-state index contributed by atoms with van der Waals surface area (Å²) in [6.45, 7) is 2.54. The van der Waals surface area contributed by atoms with Crippen LogP contribution in [0.5, 0.6) is 0 Å². The number of urea groups is 1. The summed E-state index contributed by atoms with van der Waals surface area (Å²) in [6.07, 6.45) is 0. The van der Waals surface area contributed by atoms with E-state index in [-0.39, 0.29) is 6.03 Å². The van der Waals surface area contributed by atoms with Crippen LogP contribution in [-0.4, -0.2) is 24.5 Å². The maximum absolute atomic E-state index is 10.1. The molecule has 0 aromatic heterocycles. The Bertz CT molecular complexity index is 72.1. The summed E-state index contributed by atoms with van der Waals surface area (Å²) < 4.78 is 0. The maximum atomic E-state index is 10.1. The molecule has 0 radical (unpaired) electrons. The van der Waals surface area contributed by atoms with Gasteiger partial charge in [0.25, 0.3) is 0 Å². The Morgan fingerprint density at radius 1 is 1.86 bits per heavy atom. The van der Waals surface area contributed by atoms with Gasteiger partial charge in [-0.15, -0.1) is 0 Å². The molecule has 0 bridgehead atoms. The third-order valence-corrected chi connectivity index (χ3v) is 0.851. The number of rotatable bonds is 1. The SMILES string of the molecule is CCN(C)C(N)=O. The molecule has 0 saturated carbocycles. The molecule has 0 aromatic carbocycles. The van der Waals surface area contributed by atoms with Gasteiger partial charge in [-0.1, -0.05) is 0 Å². The van der Waals surface area contributed by atoms with E-state index in [2.05, 4.69) is 0 Å². The van der Waals surface area contributed by atoms with Crippen molar-refractivity contribution < 1.29 is 4.79 Å². The summed E-state index contributed by atoms with van der Waals surface area (Å²) in [5, 5.41) is 0. The summed E-state index contributed by atoms with van der Waals surface area (Å²) in [6, 6.07) is -0.373. The van der Waals surface area contributed by atoms with Crippen molar-refractivity contribution in [2.75, 3.05) is 13.6 Å². The van der Waals surface area contributed by atoms with Gasteiger partial charge in [-0.3, -0.25) is 0 Å². The molecular formula is C4H10N2O. The van der Waals surface area contributed by atoms with Gasteiger partial charge in [0, 0.05) is 13.6 Å². The quantitative estimate of drug-likeness (QED) is 0.498. The Hall–Kier alpha value is -0.730. The number of hydrogen-bond acceptors (Lipinski definition) is 1. The van der Waals surface area contributed by atoms with Crippen molar-refractivity contribution in [2.45, 2.75) is 6.92 Å². The number of hydrogen-bond donors (Lipinski definition) is 1. The van der Waals surface area contributed by atoms with Gasteiger partial charge in [-0.25, -0.2) is 4.79 Å². The van der Waals surface area contributed by atoms with Crippen molar-refractivity contribution >= 4 is 6.03 Å².